The molecule has 0 radical (unpaired) electrons. The molecule has 1 heterocycles. The van der Waals surface area contributed by atoms with Gasteiger partial charge in [-0.3, -0.25) is 4.79 Å². The van der Waals surface area contributed by atoms with Crippen LogP contribution in [0.15, 0.2) is 17.9 Å². The standard InChI is InChI=1S/C5H6NOP.2ClH/c6-5(7)4-2-1-3-8-4;;/h1-3,8H,(H2,6,7);2*1H. The average molecular weight is 200 g/mol. The van der Waals surface area contributed by atoms with E-state index in [1.807, 2.05) is 11.9 Å². The molecule has 0 saturated heterocycles. The molecule has 1 rings (SSSR count). The van der Waals surface area contributed by atoms with E-state index in [1.165, 1.54) is 0 Å². The summed E-state index contributed by atoms with van der Waals surface area (Å²) in [4.78, 5) is 10.3. The molecular weight excluding hydrogens is 192 g/mol. The van der Waals surface area contributed by atoms with E-state index >= 15 is 0 Å². The van der Waals surface area contributed by atoms with Crippen LogP contribution in [0.25, 0.3) is 0 Å². The summed E-state index contributed by atoms with van der Waals surface area (Å²) < 4.78 is 0. The number of carbonyl (C=O) groups is 1. The van der Waals surface area contributed by atoms with Crippen molar-refractivity contribution < 1.29 is 4.79 Å². The lowest BCUT2D eigenvalue weighted by Gasteiger charge is -1.81. The molecule has 10 heavy (non-hydrogen) atoms. The molecule has 58 valence electrons. The molecule has 1 unspecified atom stereocenters. The monoisotopic (exact) mass is 199 g/mol. The summed E-state index contributed by atoms with van der Waals surface area (Å²) in [5, 5.41) is 0.727. The zero-order chi connectivity index (χ0) is 5.98. The van der Waals surface area contributed by atoms with E-state index in [-0.39, 0.29) is 30.7 Å². The Morgan fingerprint density at radius 1 is 1.50 bits per heavy atom. The Kier molecular flexibility index (Phi) is 7.00. The van der Waals surface area contributed by atoms with Crippen LogP contribution in [0.5, 0.6) is 0 Å². The van der Waals surface area contributed by atoms with Gasteiger partial charge in [0.1, 0.15) is 0 Å². The Morgan fingerprint density at radius 3 is 2.30 bits per heavy atom. The van der Waals surface area contributed by atoms with E-state index in [2.05, 4.69) is 0 Å². The minimum absolute atomic E-state index is 0. The first-order chi connectivity index (χ1) is 3.80. The lowest BCUT2D eigenvalue weighted by atomic mass is 10.5. The third kappa shape index (κ3) is 3.11. The Bertz CT molecular complexity index is 188. The van der Waals surface area contributed by atoms with Gasteiger partial charge in [-0.1, -0.05) is 6.07 Å². The van der Waals surface area contributed by atoms with Crippen LogP contribution in [0.1, 0.15) is 10.1 Å². The predicted molar refractivity (Wildman–Crippen MR) is 49.0 cm³/mol. The second-order valence-corrected chi connectivity index (χ2v) is 2.61. The second kappa shape index (κ2) is 5.60. The SMILES string of the molecule is Cl.Cl.NC(=O)c1ccc[pH]1. The van der Waals surface area contributed by atoms with Crippen molar-refractivity contribution >= 4 is 38.9 Å². The molecule has 1 aromatic heterocycles. The quantitative estimate of drug-likeness (QED) is 0.735. The molecular formula is C5H8Cl2NOP. The summed E-state index contributed by atoms with van der Waals surface area (Å²) >= 11 is 0. The summed E-state index contributed by atoms with van der Waals surface area (Å²) in [6.07, 6.45) is 0. The van der Waals surface area contributed by atoms with Gasteiger partial charge in [-0.15, -0.1) is 33.0 Å². The van der Waals surface area contributed by atoms with Crippen molar-refractivity contribution in [3.05, 3.63) is 23.2 Å². The van der Waals surface area contributed by atoms with Crippen molar-refractivity contribution in [2.45, 2.75) is 0 Å². The molecule has 1 aromatic rings. The maximum Gasteiger partial charge on any atom is 0.252 e. The highest BCUT2D eigenvalue weighted by Gasteiger charge is 1.94. The van der Waals surface area contributed by atoms with Crippen molar-refractivity contribution in [1.82, 2.24) is 0 Å². The minimum atomic E-state index is -0.298. The van der Waals surface area contributed by atoms with Crippen LogP contribution < -0.4 is 5.73 Å². The molecule has 1 atom stereocenters. The lowest BCUT2D eigenvalue weighted by molar-refractivity contribution is 0.100. The number of carbonyl (C=O) groups excluding carboxylic acids is 1. The Balaban J connectivity index is 0. The fourth-order valence-electron chi connectivity index (χ4n) is 0.484. The van der Waals surface area contributed by atoms with E-state index in [1.54, 1.807) is 6.07 Å². The van der Waals surface area contributed by atoms with E-state index in [9.17, 15) is 4.79 Å². The smallest absolute Gasteiger partial charge is 0.252 e. The topological polar surface area (TPSA) is 43.1 Å². The highest BCUT2D eigenvalue weighted by atomic mass is 35.5. The Morgan fingerprint density at radius 2 is 2.10 bits per heavy atom. The number of primary amides is 1. The van der Waals surface area contributed by atoms with Gasteiger partial charge >= 0.3 is 0 Å². The van der Waals surface area contributed by atoms with Crippen molar-refractivity contribution in [1.29, 1.82) is 0 Å². The van der Waals surface area contributed by atoms with Crippen molar-refractivity contribution in [3.8, 4) is 0 Å². The van der Waals surface area contributed by atoms with Crippen molar-refractivity contribution in [2.75, 3.05) is 0 Å². The van der Waals surface area contributed by atoms with E-state index in [0.29, 0.717) is 8.19 Å². The molecule has 0 fully saturated rings. The molecule has 2 N–H and O–H groups in total. The molecule has 0 spiro atoms. The van der Waals surface area contributed by atoms with Gasteiger partial charge in [-0.25, -0.2) is 0 Å². The fraction of sp³-hybridized carbons (Fsp3) is 0. The van der Waals surface area contributed by atoms with Crippen molar-refractivity contribution in [2.24, 2.45) is 5.73 Å². The van der Waals surface area contributed by atoms with Gasteiger partial charge in [-0.2, -0.15) is 0 Å². The highest BCUT2D eigenvalue weighted by molar-refractivity contribution is 7.31. The summed E-state index contributed by atoms with van der Waals surface area (Å²) in [7, 11) is 0.486. The summed E-state index contributed by atoms with van der Waals surface area (Å²) in [6, 6.07) is 3.60. The Hall–Kier alpha value is -0.170. The van der Waals surface area contributed by atoms with Gasteiger partial charge in [-0.05, 0) is 11.9 Å². The number of halogens is 2. The largest absolute Gasteiger partial charge is 0.365 e. The third-order valence-electron chi connectivity index (χ3n) is 0.863. The average Bonchev–Trinajstić information content (AvgIpc) is 2.12. The molecule has 0 aliphatic heterocycles. The number of hydrogen-bond donors (Lipinski definition) is 1. The van der Waals surface area contributed by atoms with Gasteiger partial charge in [0.25, 0.3) is 5.91 Å². The lowest BCUT2D eigenvalue weighted by Crippen LogP contribution is -2.07. The number of hydrogen-bond acceptors (Lipinski definition) is 1. The molecule has 5 heteroatoms. The maximum atomic E-state index is 10.3. The number of nitrogens with two attached hydrogens (primary N) is 1. The normalized spacial score (nSPS) is 8.00. The number of amides is 1. The van der Waals surface area contributed by atoms with E-state index in [0.717, 1.165) is 5.30 Å². The first kappa shape index (κ1) is 12.5. The summed E-state index contributed by atoms with van der Waals surface area (Å²) in [5.74, 6) is 1.63. The van der Waals surface area contributed by atoms with Crippen LogP contribution in [0.3, 0.4) is 0 Å². The minimum Gasteiger partial charge on any atom is -0.365 e. The predicted octanol–water partition coefficient (Wildman–Crippen LogP) is 1.66. The fourth-order valence-corrected chi connectivity index (χ4v) is 1.19. The van der Waals surface area contributed by atoms with Crippen LogP contribution in [0.2, 0.25) is 0 Å². The molecule has 0 bridgehead atoms. The van der Waals surface area contributed by atoms with Gasteiger partial charge < -0.3 is 5.73 Å². The van der Waals surface area contributed by atoms with Crippen molar-refractivity contribution in [3.63, 3.8) is 0 Å². The molecule has 0 saturated carbocycles. The van der Waals surface area contributed by atoms with Gasteiger partial charge in [0.15, 0.2) is 0 Å². The maximum absolute atomic E-state index is 10.3. The van der Waals surface area contributed by atoms with Crippen LogP contribution in [-0.4, -0.2) is 5.91 Å². The van der Waals surface area contributed by atoms with Gasteiger partial charge in [0, 0.05) is 0 Å². The molecule has 0 aliphatic rings. The Labute approximate surface area is 73.1 Å². The van der Waals surface area contributed by atoms with Crippen LogP contribution in [-0.2, 0) is 0 Å². The molecule has 2 nitrogen and oxygen atoms in total. The summed E-state index contributed by atoms with van der Waals surface area (Å²) in [6.45, 7) is 0. The van der Waals surface area contributed by atoms with Crippen LogP contribution in [0.4, 0.5) is 0 Å². The van der Waals surface area contributed by atoms with Gasteiger partial charge in [0.2, 0.25) is 0 Å². The van der Waals surface area contributed by atoms with Gasteiger partial charge in [0.05, 0.1) is 5.30 Å². The zero-order valence-corrected chi connectivity index (χ0v) is 7.67. The molecule has 1 amide bonds. The zero-order valence-electron chi connectivity index (χ0n) is 5.03. The first-order valence-corrected chi connectivity index (χ1v) is 3.31. The number of rotatable bonds is 1. The van der Waals surface area contributed by atoms with E-state index in [4.69, 9.17) is 5.73 Å². The van der Waals surface area contributed by atoms with Crippen LogP contribution in [0, 0.1) is 0 Å². The summed E-state index contributed by atoms with van der Waals surface area (Å²) in [5.41, 5.74) is 4.96. The molecule has 0 aliphatic carbocycles. The third-order valence-corrected chi connectivity index (χ3v) is 1.95. The van der Waals surface area contributed by atoms with Crippen LogP contribution >= 0.6 is 33.0 Å². The first-order valence-electron chi connectivity index (χ1n) is 2.24. The van der Waals surface area contributed by atoms with E-state index < -0.39 is 0 Å². The molecule has 0 aromatic carbocycles. The second-order valence-electron chi connectivity index (χ2n) is 1.45. The highest BCUT2D eigenvalue weighted by Crippen LogP contribution is 2.12.